The fourth-order valence-corrected chi connectivity index (χ4v) is 2.47. The Morgan fingerprint density at radius 3 is 2.62 bits per heavy atom. The van der Waals surface area contributed by atoms with Gasteiger partial charge in [0, 0.05) is 19.9 Å². The first-order valence-electron chi connectivity index (χ1n) is 8.18. The van der Waals surface area contributed by atoms with Crippen molar-refractivity contribution >= 4 is 23.2 Å². The highest BCUT2D eigenvalue weighted by Gasteiger charge is 2.32. The zero-order valence-electron chi connectivity index (χ0n) is 15.1. The summed E-state index contributed by atoms with van der Waals surface area (Å²) in [5.74, 6) is 0.371. The summed E-state index contributed by atoms with van der Waals surface area (Å²) in [6.45, 7) is 6.24. The summed E-state index contributed by atoms with van der Waals surface area (Å²) in [7, 11) is 3.17. The Hall–Kier alpha value is -1.30. The molecule has 0 heterocycles. The van der Waals surface area contributed by atoms with Crippen LogP contribution >= 0.6 is 11.6 Å². The summed E-state index contributed by atoms with van der Waals surface area (Å²) < 4.78 is 16.2. The van der Waals surface area contributed by atoms with Gasteiger partial charge in [-0.2, -0.15) is 0 Å². The fourth-order valence-electron chi connectivity index (χ4n) is 2.25. The number of methoxy groups -OCH3 is 2. The molecule has 0 unspecified atom stereocenters. The third-order valence-electron chi connectivity index (χ3n) is 3.86. The minimum atomic E-state index is -0.857. The first-order chi connectivity index (χ1) is 11.4. The van der Waals surface area contributed by atoms with Crippen LogP contribution in [0.1, 0.15) is 40.0 Å². The second kappa shape index (κ2) is 9.87. The summed E-state index contributed by atoms with van der Waals surface area (Å²) in [6.07, 6.45) is 2.47. The lowest BCUT2D eigenvalue weighted by molar-refractivity contribution is -0.136. The molecule has 0 radical (unpaired) electrons. The molecule has 1 aromatic carbocycles. The molecule has 0 saturated heterocycles. The molecular formula is C18H28ClNO4. The van der Waals surface area contributed by atoms with Crippen molar-refractivity contribution in [1.82, 2.24) is 0 Å². The number of unbranched alkanes of at least 4 members (excludes halogenated alkanes) is 1. The first-order valence-corrected chi connectivity index (χ1v) is 8.55. The third-order valence-corrected chi connectivity index (χ3v) is 4.15. The number of carbonyl (C=O) groups is 1. The van der Waals surface area contributed by atoms with Crippen LogP contribution in [0.2, 0.25) is 5.02 Å². The fraction of sp³-hybridized carbons (Fsp3) is 0.611. The number of hydrogen-bond acceptors (Lipinski definition) is 4. The highest BCUT2D eigenvalue weighted by molar-refractivity contribution is 6.32. The van der Waals surface area contributed by atoms with E-state index in [-0.39, 0.29) is 12.0 Å². The van der Waals surface area contributed by atoms with Gasteiger partial charge in [-0.1, -0.05) is 31.4 Å². The Morgan fingerprint density at radius 2 is 2.08 bits per heavy atom. The molecule has 24 heavy (non-hydrogen) atoms. The quantitative estimate of drug-likeness (QED) is 0.678. The zero-order valence-corrected chi connectivity index (χ0v) is 15.9. The summed E-state index contributed by atoms with van der Waals surface area (Å²) in [6, 6.07) is 5.17. The average Bonchev–Trinajstić information content (AvgIpc) is 2.55. The van der Waals surface area contributed by atoms with Crippen molar-refractivity contribution in [2.75, 3.05) is 26.1 Å². The van der Waals surface area contributed by atoms with E-state index < -0.39 is 5.60 Å². The molecule has 0 fully saturated rings. The minimum Gasteiger partial charge on any atom is -0.487 e. The second-order valence-corrected chi connectivity index (χ2v) is 6.43. The van der Waals surface area contributed by atoms with Gasteiger partial charge in [-0.3, -0.25) is 4.79 Å². The molecular weight excluding hydrogens is 330 g/mol. The Bertz CT molecular complexity index is 538. The van der Waals surface area contributed by atoms with Crippen LogP contribution in [-0.4, -0.2) is 38.4 Å². The first kappa shape index (κ1) is 20.7. The van der Waals surface area contributed by atoms with Crippen LogP contribution in [-0.2, 0) is 14.3 Å². The van der Waals surface area contributed by atoms with Gasteiger partial charge < -0.3 is 19.5 Å². The van der Waals surface area contributed by atoms with Gasteiger partial charge in [-0.05, 0) is 38.5 Å². The van der Waals surface area contributed by atoms with Gasteiger partial charge in [0.15, 0.2) is 0 Å². The number of halogens is 1. The maximum absolute atomic E-state index is 12.5. The Balaban J connectivity index is 2.78. The average molecular weight is 358 g/mol. The lowest BCUT2D eigenvalue weighted by Gasteiger charge is -2.27. The van der Waals surface area contributed by atoms with E-state index in [4.69, 9.17) is 25.8 Å². The Kier molecular flexibility index (Phi) is 8.53. The molecule has 1 N–H and O–H groups in total. The molecule has 136 valence electrons. The van der Waals surface area contributed by atoms with Crippen LogP contribution in [0.4, 0.5) is 5.69 Å². The van der Waals surface area contributed by atoms with E-state index in [1.807, 2.05) is 6.92 Å². The summed E-state index contributed by atoms with van der Waals surface area (Å²) in [5.41, 5.74) is -0.249. The molecule has 0 spiro atoms. The van der Waals surface area contributed by atoms with Crippen LogP contribution in [0.5, 0.6) is 5.75 Å². The SMILES string of the molecule is CCCC[C@](C)(OC)C(=O)Nc1ccc(O[C@@H](C)COC)c(Cl)c1. The minimum absolute atomic E-state index is 0.112. The van der Waals surface area contributed by atoms with E-state index in [1.54, 1.807) is 39.3 Å². The number of amides is 1. The number of benzene rings is 1. The standard InChI is InChI=1S/C18H28ClNO4/c1-6-7-10-18(3,23-5)17(21)20-14-8-9-16(15(19)11-14)24-13(2)12-22-4/h8-9,11,13H,6-7,10,12H2,1-5H3,(H,20,21)/t13-,18-/m0/s1. The maximum atomic E-state index is 12.5. The number of ether oxygens (including phenoxy) is 3. The van der Waals surface area contributed by atoms with Crippen LogP contribution in [0.15, 0.2) is 18.2 Å². The van der Waals surface area contributed by atoms with E-state index in [9.17, 15) is 4.79 Å². The van der Waals surface area contributed by atoms with Crippen molar-refractivity contribution < 1.29 is 19.0 Å². The number of anilines is 1. The van der Waals surface area contributed by atoms with Crippen LogP contribution < -0.4 is 10.1 Å². The Morgan fingerprint density at radius 1 is 1.38 bits per heavy atom. The normalized spacial score (nSPS) is 14.8. The van der Waals surface area contributed by atoms with Crippen LogP contribution in [0.25, 0.3) is 0 Å². The van der Waals surface area contributed by atoms with E-state index in [2.05, 4.69) is 12.2 Å². The predicted octanol–water partition coefficient (Wildman–Crippen LogP) is 4.29. The molecule has 0 aliphatic carbocycles. The molecule has 1 amide bonds. The maximum Gasteiger partial charge on any atom is 0.256 e. The molecule has 1 aromatic rings. The highest BCUT2D eigenvalue weighted by Crippen LogP contribution is 2.29. The predicted molar refractivity (Wildman–Crippen MR) is 97.0 cm³/mol. The summed E-state index contributed by atoms with van der Waals surface area (Å²) in [4.78, 5) is 12.5. The molecule has 1 rings (SSSR count). The number of nitrogens with one attached hydrogen (secondary N) is 1. The molecule has 0 bridgehead atoms. The number of carbonyl (C=O) groups excluding carboxylic acids is 1. The van der Waals surface area contributed by atoms with E-state index >= 15 is 0 Å². The van der Waals surface area contributed by atoms with Crippen molar-refractivity contribution in [2.24, 2.45) is 0 Å². The zero-order chi connectivity index (χ0) is 18.2. The molecule has 0 aromatic heterocycles. The number of rotatable bonds is 10. The van der Waals surface area contributed by atoms with E-state index in [0.717, 1.165) is 12.8 Å². The molecule has 0 saturated carbocycles. The smallest absolute Gasteiger partial charge is 0.256 e. The van der Waals surface area contributed by atoms with Gasteiger partial charge in [0.25, 0.3) is 5.91 Å². The Labute approximate surface area is 149 Å². The second-order valence-electron chi connectivity index (χ2n) is 6.02. The van der Waals surface area contributed by atoms with Gasteiger partial charge in [0.05, 0.1) is 11.6 Å². The third kappa shape index (κ3) is 5.96. The molecule has 0 aliphatic rings. The van der Waals surface area contributed by atoms with Crippen LogP contribution in [0.3, 0.4) is 0 Å². The lowest BCUT2D eigenvalue weighted by atomic mass is 9.97. The largest absolute Gasteiger partial charge is 0.487 e. The van der Waals surface area contributed by atoms with Crippen molar-refractivity contribution in [3.8, 4) is 5.75 Å². The molecule has 5 nitrogen and oxygen atoms in total. The number of hydrogen-bond donors (Lipinski definition) is 1. The van der Waals surface area contributed by atoms with Crippen molar-refractivity contribution in [1.29, 1.82) is 0 Å². The van der Waals surface area contributed by atoms with Gasteiger partial charge in [-0.25, -0.2) is 0 Å². The van der Waals surface area contributed by atoms with Gasteiger partial charge in [-0.15, -0.1) is 0 Å². The molecule has 6 heteroatoms. The van der Waals surface area contributed by atoms with Gasteiger partial charge >= 0.3 is 0 Å². The summed E-state index contributed by atoms with van der Waals surface area (Å²) in [5, 5.41) is 3.29. The van der Waals surface area contributed by atoms with Crippen molar-refractivity contribution in [3.63, 3.8) is 0 Å². The highest BCUT2D eigenvalue weighted by atomic mass is 35.5. The van der Waals surface area contributed by atoms with Gasteiger partial charge in [0.1, 0.15) is 17.5 Å². The van der Waals surface area contributed by atoms with Crippen molar-refractivity contribution in [2.45, 2.75) is 51.7 Å². The molecule has 0 aliphatic heterocycles. The topological polar surface area (TPSA) is 56.8 Å². The van der Waals surface area contributed by atoms with Crippen LogP contribution in [0, 0.1) is 0 Å². The van der Waals surface area contributed by atoms with Gasteiger partial charge in [0.2, 0.25) is 0 Å². The lowest BCUT2D eigenvalue weighted by Crippen LogP contribution is -2.41. The van der Waals surface area contributed by atoms with E-state index in [0.29, 0.717) is 29.5 Å². The van der Waals surface area contributed by atoms with Crippen molar-refractivity contribution in [3.05, 3.63) is 23.2 Å². The van der Waals surface area contributed by atoms with E-state index in [1.165, 1.54) is 0 Å². The molecule has 2 atom stereocenters. The summed E-state index contributed by atoms with van der Waals surface area (Å²) >= 11 is 6.24. The monoisotopic (exact) mass is 357 g/mol.